The van der Waals surface area contributed by atoms with Crippen LogP contribution in [0.2, 0.25) is 0 Å². The van der Waals surface area contributed by atoms with Gasteiger partial charge in [0.15, 0.2) is 0 Å². The van der Waals surface area contributed by atoms with E-state index in [2.05, 4.69) is 4.74 Å². The minimum absolute atomic E-state index is 0.124. The fourth-order valence-corrected chi connectivity index (χ4v) is 2.16. The summed E-state index contributed by atoms with van der Waals surface area (Å²) in [5.41, 5.74) is -0.576. The fourth-order valence-electron chi connectivity index (χ4n) is 2.16. The van der Waals surface area contributed by atoms with Crippen LogP contribution in [0.4, 0.5) is 8.78 Å². The molecule has 19 heavy (non-hydrogen) atoms. The molecule has 4 nitrogen and oxygen atoms in total. The molecule has 2 rings (SSSR count). The number of ether oxygens (including phenoxy) is 1. The SMILES string of the molecule is COC(=O)C1CCN(C(=O)c2c(F)cccc2F)C1. The van der Waals surface area contributed by atoms with Gasteiger partial charge in [-0.05, 0) is 18.6 Å². The molecule has 0 spiro atoms. The number of carbonyl (C=O) groups excluding carboxylic acids is 2. The van der Waals surface area contributed by atoms with Crippen molar-refractivity contribution in [1.29, 1.82) is 0 Å². The molecule has 6 heteroatoms. The third kappa shape index (κ3) is 2.57. The van der Waals surface area contributed by atoms with Gasteiger partial charge in [-0.25, -0.2) is 8.78 Å². The topological polar surface area (TPSA) is 46.6 Å². The number of likely N-dealkylation sites (tertiary alicyclic amines) is 1. The average Bonchev–Trinajstić information content (AvgIpc) is 2.87. The number of halogens is 2. The summed E-state index contributed by atoms with van der Waals surface area (Å²) in [6, 6.07) is 3.26. The van der Waals surface area contributed by atoms with Crippen LogP contribution < -0.4 is 0 Å². The van der Waals surface area contributed by atoms with Crippen LogP contribution in [0.3, 0.4) is 0 Å². The number of nitrogens with zero attached hydrogens (tertiary/aromatic N) is 1. The molecular weight excluding hydrogens is 256 g/mol. The van der Waals surface area contributed by atoms with Gasteiger partial charge in [0.1, 0.15) is 17.2 Å². The van der Waals surface area contributed by atoms with Crippen LogP contribution in [0.25, 0.3) is 0 Å². The van der Waals surface area contributed by atoms with Gasteiger partial charge >= 0.3 is 5.97 Å². The first-order valence-electron chi connectivity index (χ1n) is 5.85. The number of methoxy groups -OCH3 is 1. The highest BCUT2D eigenvalue weighted by Gasteiger charge is 2.33. The maximum atomic E-state index is 13.5. The second kappa shape index (κ2) is 5.34. The Hall–Kier alpha value is -1.98. The van der Waals surface area contributed by atoms with Crippen molar-refractivity contribution in [2.45, 2.75) is 6.42 Å². The molecule has 1 atom stereocenters. The number of hydrogen-bond donors (Lipinski definition) is 0. The molecule has 0 aromatic heterocycles. The second-order valence-electron chi connectivity index (χ2n) is 4.36. The lowest BCUT2D eigenvalue weighted by Crippen LogP contribution is -2.31. The smallest absolute Gasteiger partial charge is 0.310 e. The minimum Gasteiger partial charge on any atom is -0.469 e. The Balaban J connectivity index is 2.16. The number of carbonyl (C=O) groups is 2. The molecule has 1 saturated heterocycles. The number of hydrogen-bond acceptors (Lipinski definition) is 3. The summed E-state index contributed by atoms with van der Waals surface area (Å²) in [5, 5.41) is 0. The Kier molecular flexibility index (Phi) is 3.78. The van der Waals surface area contributed by atoms with Gasteiger partial charge in [-0.15, -0.1) is 0 Å². The minimum atomic E-state index is -0.897. The van der Waals surface area contributed by atoms with Gasteiger partial charge in [0.05, 0.1) is 13.0 Å². The Labute approximate surface area is 109 Å². The number of amides is 1. The summed E-state index contributed by atoms with van der Waals surface area (Å²) >= 11 is 0. The third-order valence-corrected chi connectivity index (χ3v) is 3.19. The van der Waals surface area contributed by atoms with Crippen molar-refractivity contribution in [2.24, 2.45) is 5.92 Å². The van der Waals surface area contributed by atoms with Crippen molar-refractivity contribution in [1.82, 2.24) is 4.90 Å². The summed E-state index contributed by atoms with van der Waals surface area (Å²) in [4.78, 5) is 24.7. The van der Waals surface area contributed by atoms with Crippen LogP contribution in [0.15, 0.2) is 18.2 Å². The van der Waals surface area contributed by atoms with Gasteiger partial charge in [0, 0.05) is 13.1 Å². The quantitative estimate of drug-likeness (QED) is 0.766. The van der Waals surface area contributed by atoms with Crippen molar-refractivity contribution in [3.63, 3.8) is 0 Å². The van der Waals surface area contributed by atoms with Crippen LogP contribution >= 0.6 is 0 Å². The Morgan fingerprint density at radius 1 is 1.32 bits per heavy atom. The molecule has 0 N–H and O–H groups in total. The van der Waals surface area contributed by atoms with Gasteiger partial charge < -0.3 is 9.64 Å². The normalized spacial score (nSPS) is 18.5. The molecule has 1 fully saturated rings. The Morgan fingerprint density at radius 3 is 2.53 bits per heavy atom. The van der Waals surface area contributed by atoms with Crippen LogP contribution in [0, 0.1) is 17.6 Å². The van der Waals surface area contributed by atoms with E-state index in [-0.39, 0.29) is 13.1 Å². The van der Waals surface area contributed by atoms with Gasteiger partial charge in [-0.2, -0.15) is 0 Å². The lowest BCUT2D eigenvalue weighted by atomic mass is 10.1. The lowest BCUT2D eigenvalue weighted by Gasteiger charge is -2.16. The zero-order chi connectivity index (χ0) is 14.0. The molecular formula is C13H13F2NO3. The van der Waals surface area contributed by atoms with E-state index in [1.165, 1.54) is 18.1 Å². The summed E-state index contributed by atoms with van der Waals surface area (Å²) in [6.07, 6.45) is 0.439. The van der Waals surface area contributed by atoms with Crippen LogP contribution in [-0.2, 0) is 9.53 Å². The predicted octanol–water partition coefficient (Wildman–Crippen LogP) is 1.60. The van der Waals surface area contributed by atoms with Gasteiger partial charge in [0.2, 0.25) is 0 Å². The van der Waals surface area contributed by atoms with Crippen LogP contribution in [-0.4, -0.2) is 37.0 Å². The molecule has 0 aliphatic carbocycles. The number of esters is 1. The van der Waals surface area contributed by atoms with Gasteiger partial charge in [-0.3, -0.25) is 9.59 Å². The van der Waals surface area contributed by atoms with Crippen molar-refractivity contribution in [2.75, 3.05) is 20.2 Å². The zero-order valence-corrected chi connectivity index (χ0v) is 10.4. The maximum Gasteiger partial charge on any atom is 0.310 e. The van der Waals surface area contributed by atoms with E-state index in [9.17, 15) is 18.4 Å². The Bertz CT molecular complexity index is 498. The molecule has 1 aromatic carbocycles. The van der Waals surface area contributed by atoms with E-state index in [4.69, 9.17) is 0 Å². The molecule has 1 unspecified atom stereocenters. The van der Waals surface area contributed by atoms with Gasteiger partial charge in [-0.1, -0.05) is 6.07 Å². The molecule has 0 bridgehead atoms. The highest BCUT2D eigenvalue weighted by atomic mass is 19.1. The van der Waals surface area contributed by atoms with E-state index in [0.717, 1.165) is 12.1 Å². The molecule has 1 aromatic rings. The predicted molar refractivity (Wildman–Crippen MR) is 62.4 cm³/mol. The molecule has 1 aliphatic heterocycles. The maximum absolute atomic E-state index is 13.5. The first kappa shape index (κ1) is 13.5. The standard InChI is InChI=1S/C13H13F2NO3/c1-19-13(18)8-5-6-16(7-8)12(17)11-9(14)3-2-4-10(11)15/h2-4,8H,5-7H2,1H3. The lowest BCUT2D eigenvalue weighted by molar-refractivity contribution is -0.144. The van der Waals surface area contributed by atoms with E-state index < -0.39 is 35.0 Å². The number of rotatable bonds is 2. The molecule has 1 aliphatic rings. The monoisotopic (exact) mass is 269 g/mol. The van der Waals surface area contributed by atoms with Crippen LogP contribution in [0.5, 0.6) is 0 Å². The molecule has 0 radical (unpaired) electrons. The fraction of sp³-hybridized carbons (Fsp3) is 0.385. The second-order valence-corrected chi connectivity index (χ2v) is 4.36. The third-order valence-electron chi connectivity index (χ3n) is 3.19. The van der Waals surface area contributed by atoms with E-state index in [1.807, 2.05) is 0 Å². The highest BCUT2D eigenvalue weighted by molar-refractivity contribution is 5.95. The van der Waals surface area contributed by atoms with E-state index in [0.29, 0.717) is 6.42 Å². The van der Waals surface area contributed by atoms with E-state index in [1.54, 1.807) is 0 Å². The molecule has 1 heterocycles. The summed E-state index contributed by atoms with van der Waals surface area (Å²) in [7, 11) is 1.27. The first-order valence-corrected chi connectivity index (χ1v) is 5.85. The molecule has 102 valence electrons. The largest absolute Gasteiger partial charge is 0.469 e. The van der Waals surface area contributed by atoms with Crippen molar-refractivity contribution in [3.05, 3.63) is 35.4 Å². The molecule has 0 saturated carbocycles. The van der Waals surface area contributed by atoms with Crippen LogP contribution in [0.1, 0.15) is 16.8 Å². The Morgan fingerprint density at radius 2 is 1.95 bits per heavy atom. The summed E-state index contributed by atoms with van der Waals surface area (Å²) < 4.78 is 31.6. The van der Waals surface area contributed by atoms with Crippen molar-refractivity contribution < 1.29 is 23.1 Å². The van der Waals surface area contributed by atoms with Crippen molar-refractivity contribution in [3.8, 4) is 0 Å². The summed E-state index contributed by atoms with van der Waals surface area (Å²) in [6.45, 7) is 0.408. The highest BCUT2D eigenvalue weighted by Crippen LogP contribution is 2.22. The summed E-state index contributed by atoms with van der Waals surface area (Å²) in [5.74, 6) is -3.37. The zero-order valence-electron chi connectivity index (χ0n) is 10.4. The van der Waals surface area contributed by atoms with Gasteiger partial charge in [0.25, 0.3) is 5.91 Å². The van der Waals surface area contributed by atoms with Crippen molar-refractivity contribution >= 4 is 11.9 Å². The average molecular weight is 269 g/mol. The number of benzene rings is 1. The first-order chi connectivity index (χ1) is 9.04. The van der Waals surface area contributed by atoms with E-state index >= 15 is 0 Å². The molecule has 1 amide bonds.